The highest BCUT2D eigenvalue weighted by Crippen LogP contribution is 1.99. The summed E-state index contributed by atoms with van der Waals surface area (Å²) in [6.07, 6.45) is 4.98. The first-order valence-electron chi connectivity index (χ1n) is 3.67. The molecule has 1 aliphatic rings. The van der Waals surface area contributed by atoms with Crippen LogP contribution in [0.25, 0.3) is 0 Å². The van der Waals surface area contributed by atoms with Gasteiger partial charge in [0.2, 0.25) is 0 Å². The van der Waals surface area contributed by atoms with E-state index < -0.39 is 0 Å². The van der Waals surface area contributed by atoms with Crippen LogP contribution < -0.4 is 5.32 Å². The van der Waals surface area contributed by atoms with Gasteiger partial charge in [0.15, 0.2) is 0 Å². The van der Waals surface area contributed by atoms with Crippen LogP contribution in [0, 0.1) is 0 Å². The number of nitrogens with zero attached hydrogens (tertiary/aromatic N) is 2. The van der Waals surface area contributed by atoms with Crippen LogP contribution in [0.4, 0.5) is 0 Å². The predicted molar refractivity (Wildman–Crippen MR) is 38.8 cm³/mol. The summed E-state index contributed by atoms with van der Waals surface area (Å²) in [6, 6.07) is 0. The van der Waals surface area contributed by atoms with E-state index in [1.165, 1.54) is 5.82 Å². The van der Waals surface area contributed by atoms with E-state index in [1.54, 1.807) is 0 Å². The Hall–Kier alpha value is -0.830. The Labute approximate surface area is 60.1 Å². The lowest BCUT2D eigenvalue weighted by atomic mass is 10.4. The smallest absolute Gasteiger partial charge is 0.109 e. The van der Waals surface area contributed by atoms with E-state index >= 15 is 0 Å². The highest BCUT2D eigenvalue weighted by atomic mass is 15.1. The van der Waals surface area contributed by atoms with Gasteiger partial charge >= 0.3 is 0 Å². The SMILES string of the molecule is c1cn2c(n1)CCNCC2. The molecule has 0 saturated carbocycles. The minimum atomic E-state index is 1.06. The molecule has 10 heavy (non-hydrogen) atoms. The number of hydrogen-bond donors (Lipinski definition) is 1. The third-order valence-corrected chi connectivity index (χ3v) is 1.86. The third kappa shape index (κ3) is 0.926. The molecule has 0 spiro atoms. The average molecular weight is 137 g/mol. The Kier molecular flexibility index (Phi) is 1.43. The van der Waals surface area contributed by atoms with Crippen LogP contribution in [-0.4, -0.2) is 22.6 Å². The van der Waals surface area contributed by atoms with E-state index in [0.717, 1.165) is 26.1 Å². The molecule has 2 rings (SSSR count). The number of aromatic nitrogens is 2. The molecule has 54 valence electrons. The van der Waals surface area contributed by atoms with Crippen molar-refractivity contribution in [2.75, 3.05) is 13.1 Å². The highest BCUT2D eigenvalue weighted by molar-refractivity contribution is 4.94. The largest absolute Gasteiger partial charge is 0.334 e. The number of rotatable bonds is 0. The third-order valence-electron chi connectivity index (χ3n) is 1.86. The number of imidazole rings is 1. The van der Waals surface area contributed by atoms with Crippen LogP contribution in [0.2, 0.25) is 0 Å². The number of hydrogen-bond acceptors (Lipinski definition) is 2. The molecule has 0 radical (unpaired) electrons. The van der Waals surface area contributed by atoms with Crippen molar-refractivity contribution in [3.8, 4) is 0 Å². The molecule has 1 aromatic heterocycles. The summed E-state index contributed by atoms with van der Waals surface area (Å²) in [5.74, 6) is 1.21. The van der Waals surface area contributed by atoms with E-state index in [-0.39, 0.29) is 0 Å². The zero-order valence-corrected chi connectivity index (χ0v) is 5.88. The molecule has 0 saturated heterocycles. The molecule has 0 bridgehead atoms. The van der Waals surface area contributed by atoms with Crippen molar-refractivity contribution in [2.24, 2.45) is 0 Å². The number of fused-ring (bicyclic) bond motifs is 1. The van der Waals surface area contributed by atoms with Crippen molar-refractivity contribution in [2.45, 2.75) is 13.0 Å². The first-order chi connectivity index (χ1) is 4.97. The van der Waals surface area contributed by atoms with E-state index in [2.05, 4.69) is 14.9 Å². The summed E-state index contributed by atoms with van der Waals surface area (Å²) in [7, 11) is 0. The van der Waals surface area contributed by atoms with Crippen molar-refractivity contribution < 1.29 is 0 Å². The molecule has 0 amide bonds. The van der Waals surface area contributed by atoms with Gasteiger partial charge in [0.05, 0.1) is 0 Å². The Balaban J connectivity index is 2.28. The standard InChI is InChI=1S/C7H11N3/c1-2-8-3-5-10-6-4-9-7(1)10/h4,6,8H,1-3,5H2. The summed E-state index contributed by atoms with van der Waals surface area (Å²) in [5.41, 5.74) is 0. The molecule has 0 unspecified atom stereocenters. The van der Waals surface area contributed by atoms with Gasteiger partial charge in [-0.25, -0.2) is 4.98 Å². The molecule has 3 heteroatoms. The Morgan fingerprint density at radius 2 is 2.50 bits per heavy atom. The van der Waals surface area contributed by atoms with Gasteiger partial charge in [0.1, 0.15) is 5.82 Å². The number of nitrogens with one attached hydrogen (secondary N) is 1. The van der Waals surface area contributed by atoms with Gasteiger partial charge in [-0.1, -0.05) is 0 Å². The molecule has 2 heterocycles. The summed E-state index contributed by atoms with van der Waals surface area (Å²) >= 11 is 0. The van der Waals surface area contributed by atoms with Crippen LogP contribution in [-0.2, 0) is 13.0 Å². The molecule has 1 aromatic rings. The van der Waals surface area contributed by atoms with Crippen LogP contribution in [0.3, 0.4) is 0 Å². The Morgan fingerprint density at radius 1 is 1.50 bits per heavy atom. The fraction of sp³-hybridized carbons (Fsp3) is 0.571. The summed E-state index contributed by atoms with van der Waals surface area (Å²) < 4.78 is 2.21. The predicted octanol–water partition coefficient (Wildman–Crippen LogP) is 0.0288. The van der Waals surface area contributed by atoms with Crippen molar-refractivity contribution in [1.82, 2.24) is 14.9 Å². The van der Waals surface area contributed by atoms with Gasteiger partial charge in [0, 0.05) is 38.4 Å². The minimum absolute atomic E-state index is 1.06. The normalized spacial score (nSPS) is 18.0. The zero-order valence-electron chi connectivity index (χ0n) is 5.88. The second-order valence-electron chi connectivity index (χ2n) is 2.54. The summed E-state index contributed by atoms with van der Waals surface area (Å²) in [4.78, 5) is 4.24. The van der Waals surface area contributed by atoms with E-state index in [9.17, 15) is 0 Å². The van der Waals surface area contributed by atoms with E-state index in [0.29, 0.717) is 0 Å². The van der Waals surface area contributed by atoms with Crippen LogP contribution in [0.15, 0.2) is 12.4 Å². The molecule has 3 nitrogen and oxygen atoms in total. The van der Waals surface area contributed by atoms with Gasteiger partial charge in [-0.05, 0) is 0 Å². The quantitative estimate of drug-likeness (QED) is 0.546. The van der Waals surface area contributed by atoms with Crippen molar-refractivity contribution in [3.05, 3.63) is 18.2 Å². The van der Waals surface area contributed by atoms with E-state index in [1.807, 2.05) is 12.4 Å². The summed E-state index contributed by atoms with van der Waals surface area (Å²) in [6.45, 7) is 3.20. The molecular weight excluding hydrogens is 126 g/mol. The fourth-order valence-corrected chi connectivity index (χ4v) is 1.30. The lowest BCUT2D eigenvalue weighted by Crippen LogP contribution is -2.17. The van der Waals surface area contributed by atoms with Gasteiger partial charge in [0.25, 0.3) is 0 Å². The topological polar surface area (TPSA) is 29.9 Å². The molecule has 0 aromatic carbocycles. The average Bonchev–Trinajstić information content (AvgIpc) is 2.28. The Morgan fingerprint density at radius 3 is 3.50 bits per heavy atom. The van der Waals surface area contributed by atoms with Crippen LogP contribution >= 0.6 is 0 Å². The van der Waals surface area contributed by atoms with Gasteiger partial charge in [-0.2, -0.15) is 0 Å². The second-order valence-corrected chi connectivity index (χ2v) is 2.54. The van der Waals surface area contributed by atoms with E-state index in [4.69, 9.17) is 0 Å². The van der Waals surface area contributed by atoms with Gasteiger partial charge in [-0.15, -0.1) is 0 Å². The van der Waals surface area contributed by atoms with Crippen LogP contribution in [0.1, 0.15) is 5.82 Å². The molecule has 0 fully saturated rings. The molecule has 0 atom stereocenters. The van der Waals surface area contributed by atoms with Gasteiger partial charge in [-0.3, -0.25) is 0 Å². The molecular formula is C7H11N3. The fourth-order valence-electron chi connectivity index (χ4n) is 1.30. The van der Waals surface area contributed by atoms with Crippen molar-refractivity contribution in [3.63, 3.8) is 0 Å². The lowest BCUT2D eigenvalue weighted by molar-refractivity contribution is 0.646. The molecule has 1 aliphatic heterocycles. The summed E-state index contributed by atoms with van der Waals surface area (Å²) in [5, 5.41) is 3.32. The van der Waals surface area contributed by atoms with Crippen LogP contribution in [0.5, 0.6) is 0 Å². The maximum absolute atomic E-state index is 4.24. The second kappa shape index (κ2) is 2.42. The van der Waals surface area contributed by atoms with Crippen molar-refractivity contribution >= 4 is 0 Å². The first-order valence-corrected chi connectivity index (χ1v) is 3.67. The zero-order chi connectivity index (χ0) is 6.81. The minimum Gasteiger partial charge on any atom is -0.334 e. The van der Waals surface area contributed by atoms with Crippen molar-refractivity contribution in [1.29, 1.82) is 0 Å². The maximum Gasteiger partial charge on any atom is 0.109 e. The molecule has 1 N–H and O–H groups in total. The monoisotopic (exact) mass is 137 g/mol. The maximum atomic E-state index is 4.24. The molecule has 0 aliphatic carbocycles. The van der Waals surface area contributed by atoms with Gasteiger partial charge < -0.3 is 9.88 Å². The lowest BCUT2D eigenvalue weighted by Gasteiger charge is -1.98. The first kappa shape index (κ1) is 5.92. The highest BCUT2D eigenvalue weighted by Gasteiger charge is 2.04. The Bertz CT molecular complexity index is 196.